The molecular formula is C24H26N2O3. The molecule has 0 radical (unpaired) electrons. The third kappa shape index (κ3) is 4.74. The number of ether oxygens (including phenoxy) is 1. The van der Waals surface area contributed by atoms with Crippen LogP contribution in [0.2, 0.25) is 0 Å². The topological polar surface area (TPSA) is 60.3 Å². The van der Waals surface area contributed by atoms with Crippen LogP contribution in [0.15, 0.2) is 60.7 Å². The molecule has 0 spiro atoms. The predicted octanol–water partition coefficient (Wildman–Crippen LogP) is 4.38. The predicted molar refractivity (Wildman–Crippen MR) is 114 cm³/mol. The van der Waals surface area contributed by atoms with Gasteiger partial charge >= 0.3 is 0 Å². The summed E-state index contributed by atoms with van der Waals surface area (Å²) in [5, 5.41) is 2.95. The molecular weight excluding hydrogens is 364 g/mol. The van der Waals surface area contributed by atoms with Gasteiger partial charge in [-0.05, 0) is 31.5 Å². The normalized spacial score (nSPS) is 10.6. The number of carbonyl (C=O) groups excluding carboxylic acids is 2. The second-order valence-electron chi connectivity index (χ2n) is 6.94. The van der Waals surface area contributed by atoms with Crippen molar-refractivity contribution in [3.63, 3.8) is 0 Å². The smallest absolute Gasteiger partial charge is 0.222 e. The molecule has 0 saturated heterocycles. The SMILES string of the molecule is COc1ccccc1CNC(=O)CCn1c(-c2ccccc2)cc(C(C)=O)c1C. The molecule has 3 aromatic rings. The Balaban J connectivity index is 1.73. The van der Waals surface area contributed by atoms with Crippen LogP contribution in [0.1, 0.15) is 35.0 Å². The number of carbonyl (C=O) groups is 2. The number of Topliss-reactive ketones (excluding diaryl/α,β-unsaturated/α-hetero) is 1. The van der Waals surface area contributed by atoms with Gasteiger partial charge in [-0.2, -0.15) is 0 Å². The summed E-state index contributed by atoms with van der Waals surface area (Å²) >= 11 is 0. The maximum atomic E-state index is 12.5. The minimum absolute atomic E-state index is 0.0269. The van der Waals surface area contributed by atoms with E-state index in [1.165, 1.54) is 0 Å². The lowest BCUT2D eigenvalue weighted by Gasteiger charge is -2.13. The molecule has 5 nitrogen and oxygen atoms in total. The highest BCUT2D eigenvalue weighted by Crippen LogP contribution is 2.26. The molecule has 2 aromatic carbocycles. The number of para-hydroxylation sites is 1. The number of ketones is 1. The number of methoxy groups -OCH3 is 1. The van der Waals surface area contributed by atoms with Crippen molar-refractivity contribution in [2.45, 2.75) is 33.4 Å². The molecule has 3 rings (SSSR count). The fourth-order valence-electron chi connectivity index (χ4n) is 3.48. The lowest BCUT2D eigenvalue weighted by atomic mass is 10.1. The molecule has 0 unspecified atom stereocenters. The van der Waals surface area contributed by atoms with Gasteiger partial charge in [0.05, 0.1) is 7.11 Å². The molecule has 0 aliphatic carbocycles. The van der Waals surface area contributed by atoms with Gasteiger partial charge in [0.15, 0.2) is 5.78 Å². The van der Waals surface area contributed by atoms with Gasteiger partial charge in [0.1, 0.15) is 5.75 Å². The summed E-state index contributed by atoms with van der Waals surface area (Å²) in [5.41, 5.74) is 4.49. The van der Waals surface area contributed by atoms with Crippen LogP contribution in [0.4, 0.5) is 0 Å². The number of amides is 1. The van der Waals surface area contributed by atoms with Crippen molar-refractivity contribution in [1.29, 1.82) is 0 Å². The van der Waals surface area contributed by atoms with Crippen LogP contribution >= 0.6 is 0 Å². The number of benzene rings is 2. The van der Waals surface area contributed by atoms with Crippen molar-refractivity contribution in [3.8, 4) is 17.0 Å². The Morgan fingerprint density at radius 3 is 2.41 bits per heavy atom. The molecule has 1 N–H and O–H groups in total. The standard InChI is InChI=1S/C24H26N2O3/c1-17-21(18(2)27)15-22(19-9-5-4-6-10-19)26(17)14-13-24(28)25-16-20-11-7-8-12-23(20)29-3/h4-12,15H,13-14,16H2,1-3H3,(H,25,28). The van der Waals surface area contributed by atoms with Crippen molar-refractivity contribution in [3.05, 3.63) is 77.5 Å². The Morgan fingerprint density at radius 2 is 1.72 bits per heavy atom. The second-order valence-corrected chi connectivity index (χ2v) is 6.94. The molecule has 0 atom stereocenters. The fraction of sp³-hybridized carbons (Fsp3) is 0.250. The van der Waals surface area contributed by atoms with Gasteiger partial charge in [-0.3, -0.25) is 9.59 Å². The Bertz CT molecular complexity index is 1010. The molecule has 0 saturated carbocycles. The first-order chi connectivity index (χ1) is 14.0. The van der Waals surface area contributed by atoms with E-state index >= 15 is 0 Å². The van der Waals surface area contributed by atoms with Crippen LogP contribution < -0.4 is 10.1 Å². The van der Waals surface area contributed by atoms with Crippen LogP contribution in [0, 0.1) is 6.92 Å². The first kappa shape index (κ1) is 20.4. The highest BCUT2D eigenvalue weighted by atomic mass is 16.5. The molecule has 0 bridgehead atoms. The van der Waals surface area contributed by atoms with E-state index in [9.17, 15) is 9.59 Å². The summed E-state index contributed by atoms with van der Waals surface area (Å²) in [6, 6.07) is 19.5. The highest BCUT2D eigenvalue weighted by molar-refractivity contribution is 5.96. The Kier molecular flexibility index (Phi) is 6.50. The first-order valence-corrected chi connectivity index (χ1v) is 9.66. The molecule has 0 aliphatic rings. The zero-order valence-electron chi connectivity index (χ0n) is 17.1. The number of rotatable bonds is 8. The Morgan fingerprint density at radius 1 is 1.03 bits per heavy atom. The summed E-state index contributed by atoms with van der Waals surface area (Å²) in [6.45, 7) is 4.41. The summed E-state index contributed by atoms with van der Waals surface area (Å²) in [7, 11) is 1.62. The van der Waals surface area contributed by atoms with Crippen molar-refractivity contribution < 1.29 is 14.3 Å². The third-order valence-corrected chi connectivity index (χ3v) is 5.05. The minimum Gasteiger partial charge on any atom is -0.496 e. The van der Waals surface area contributed by atoms with Gasteiger partial charge in [-0.15, -0.1) is 0 Å². The van der Waals surface area contributed by atoms with Crippen molar-refractivity contribution in [2.24, 2.45) is 0 Å². The fourth-order valence-corrected chi connectivity index (χ4v) is 3.48. The number of nitrogens with zero attached hydrogens (tertiary/aromatic N) is 1. The first-order valence-electron chi connectivity index (χ1n) is 9.66. The largest absolute Gasteiger partial charge is 0.496 e. The van der Waals surface area contributed by atoms with Crippen LogP contribution in [0.5, 0.6) is 5.75 Å². The van der Waals surface area contributed by atoms with Crippen LogP contribution in [0.3, 0.4) is 0 Å². The average molecular weight is 390 g/mol. The zero-order valence-corrected chi connectivity index (χ0v) is 17.1. The Labute approximate surface area is 171 Å². The van der Waals surface area contributed by atoms with Crippen LogP contribution in [0.25, 0.3) is 11.3 Å². The zero-order chi connectivity index (χ0) is 20.8. The van der Waals surface area contributed by atoms with E-state index in [0.717, 1.165) is 28.3 Å². The monoisotopic (exact) mass is 390 g/mol. The third-order valence-electron chi connectivity index (χ3n) is 5.05. The summed E-state index contributed by atoms with van der Waals surface area (Å²) in [4.78, 5) is 24.5. The lowest BCUT2D eigenvalue weighted by molar-refractivity contribution is -0.121. The van der Waals surface area contributed by atoms with Gasteiger partial charge in [0, 0.05) is 42.0 Å². The van der Waals surface area contributed by atoms with E-state index in [0.29, 0.717) is 25.1 Å². The number of nitrogens with one attached hydrogen (secondary N) is 1. The van der Waals surface area contributed by atoms with E-state index in [4.69, 9.17) is 4.74 Å². The summed E-state index contributed by atoms with van der Waals surface area (Å²) < 4.78 is 7.38. The van der Waals surface area contributed by atoms with E-state index in [1.54, 1.807) is 14.0 Å². The summed E-state index contributed by atoms with van der Waals surface area (Å²) in [5.74, 6) is 0.734. The molecule has 150 valence electrons. The van der Waals surface area contributed by atoms with Gasteiger partial charge in [-0.25, -0.2) is 0 Å². The Hall–Kier alpha value is -3.34. The molecule has 1 heterocycles. The maximum Gasteiger partial charge on any atom is 0.222 e. The van der Waals surface area contributed by atoms with Gasteiger partial charge < -0.3 is 14.6 Å². The second kappa shape index (κ2) is 9.24. The van der Waals surface area contributed by atoms with Gasteiger partial charge in [0.25, 0.3) is 0 Å². The van der Waals surface area contributed by atoms with Gasteiger partial charge in [-0.1, -0.05) is 48.5 Å². The van der Waals surface area contributed by atoms with Gasteiger partial charge in [0.2, 0.25) is 5.91 Å². The molecule has 1 amide bonds. The van der Waals surface area contributed by atoms with E-state index in [-0.39, 0.29) is 11.7 Å². The van der Waals surface area contributed by atoms with E-state index in [1.807, 2.05) is 67.6 Å². The number of aromatic nitrogens is 1. The van der Waals surface area contributed by atoms with Crippen molar-refractivity contribution >= 4 is 11.7 Å². The highest BCUT2D eigenvalue weighted by Gasteiger charge is 2.17. The molecule has 0 aliphatic heterocycles. The maximum absolute atomic E-state index is 12.5. The molecule has 1 aromatic heterocycles. The lowest BCUT2D eigenvalue weighted by Crippen LogP contribution is -2.24. The quantitative estimate of drug-likeness (QED) is 0.581. The van der Waals surface area contributed by atoms with Crippen LogP contribution in [-0.4, -0.2) is 23.4 Å². The van der Waals surface area contributed by atoms with Crippen molar-refractivity contribution in [1.82, 2.24) is 9.88 Å². The number of hydrogen-bond acceptors (Lipinski definition) is 3. The molecule has 0 fully saturated rings. The van der Waals surface area contributed by atoms with E-state index < -0.39 is 0 Å². The average Bonchev–Trinajstić information content (AvgIpc) is 3.08. The van der Waals surface area contributed by atoms with E-state index in [2.05, 4.69) is 9.88 Å². The summed E-state index contributed by atoms with van der Waals surface area (Å²) in [6.07, 6.45) is 0.321. The minimum atomic E-state index is -0.0487. The molecule has 29 heavy (non-hydrogen) atoms. The van der Waals surface area contributed by atoms with Crippen molar-refractivity contribution in [2.75, 3.05) is 7.11 Å². The van der Waals surface area contributed by atoms with Crippen LogP contribution in [-0.2, 0) is 17.9 Å². The molecule has 5 heteroatoms. The number of hydrogen-bond donors (Lipinski definition) is 1.